The van der Waals surface area contributed by atoms with Crippen LogP contribution in [0.4, 0.5) is 29.9 Å². The molecule has 2 amide bonds. The fourth-order valence-electron chi connectivity index (χ4n) is 3.65. The summed E-state index contributed by atoms with van der Waals surface area (Å²) in [5, 5.41) is 10.7. The number of rotatable bonds is 8. The maximum absolute atomic E-state index is 13.6. The summed E-state index contributed by atoms with van der Waals surface area (Å²) in [7, 11) is -7.77. The van der Waals surface area contributed by atoms with Crippen LogP contribution in [0.1, 0.15) is 35.3 Å². The summed E-state index contributed by atoms with van der Waals surface area (Å²) in [5.74, 6) is -1.74. The molecule has 2 aromatic rings. The molecule has 0 aliphatic carbocycles. The normalized spacial score (nSPS) is 14.8. The third-order valence-corrected chi connectivity index (χ3v) is 6.79. The molecule has 0 unspecified atom stereocenters. The molecule has 1 heterocycles. The summed E-state index contributed by atoms with van der Waals surface area (Å²) in [6, 6.07) is 3.95. The Balaban J connectivity index is 1.96. The number of benzene rings is 2. The van der Waals surface area contributed by atoms with Crippen LogP contribution >= 0.6 is 10.2 Å². The highest BCUT2D eigenvalue weighted by atomic mass is 32.5. The molecule has 0 spiro atoms. The molecule has 15 heteroatoms. The van der Waals surface area contributed by atoms with Gasteiger partial charge < -0.3 is 24.6 Å². The van der Waals surface area contributed by atoms with Crippen LogP contribution in [0.2, 0.25) is 0 Å². The zero-order valence-electron chi connectivity index (χ0n) is 20.7. The largest absolute Gasteiger partial charge is 0.490 e. The Morgan fingerprint density at radius 1 is 1.08 bits per heavy atom. The van der Waals surface area contributed by atoms with E-state index in [4.69, 9.17) is 14.9 Å². The fraction of sp³-hybridized carbons (Fsp3) is 0.304. The van der Waals surface area contributed by atoms with Gasteiger partial charge in [0.05, 0.1) is 13.2 Å². The Labute approximate surface area is 214 Å². The van der Waals surface area contributed by atoms with Gasteiger partial charge in [-0.05, 0) is 42.8 Å². The molecule has 0 saturated carbocycles. The molecule has 2 N–H and O–H groups in total. The number of nitrogens with zero attached hydrogens (tertiary/aromatic N) is 2. The predicted octanol–water partition coefficient (Wildman–Crippen LogP) is 5.47. The quantitative estimate of drug-likeness (QED) is 0.325. The van der Waals surface area contributed by atoms with Crippen molar-refractivity contribution in [1.82, 2.24) is 10.2 Å². The molecular weight excluding hydrogens is 539 g/mol. The smallest absolute Gasteiger partial charge is 0.412 e. The fourth-order valence-corrected chi connectivity index (χ4v) is 4.34. The van der Waals surface area contributed by atoms with Gasteiger partial charge in [0.1, 0.15) is 10.7 Å². The lowest BCUT2D eigenvalue weighted by molar-refractivity contribution is -0.116. The molecule has 0 saturated heterocycles. The summed E-state index contributed by atoms with van der Waals surface area (Å²) >= 11 is 0. The average molecular weight is 565 g/mol. The number of ether oxygens (including phenoxy) is 2. The summed E-state index contributed by atoms with van der Waals surface area (Å²) in [4.78, 5) is 36.0. The van der Waals surface area contributed by atoms with Crippen LogP contribution in [0, 0.1) is 5.41 Å². The minimum Gasteiger partial charge on any atom is -0.490 e. The second-order valence-corrected chi connectivity index (χ2v) is 10.8. The van der Waals surface area contributed by atoms with Crippen LogP contribution in [-0.2, 0) is 11.3 Å². The number of carbonyl (C=O) groups is 3. The number of nitrogens with one attached hydrogen (secondary N) is 2. The number of carbonyl (C=O) groups excluding carboxylic acids is 3. The third-order valence-electron chi connectivity index (χ3n) is 5.66. The Morgan fingerprint density at radius 2 is 1.74 bits per heavy atom. The molecule has 0 aromatic heterocycles. The van der Waals surface area contributed by atoms with Crippen molar-refractivity contribution in [3.8, 4) is 11.5 Å². The van der Waals surface area contributed by atoms with Crippen molar-refractivity contribution in [2.75, 3.05) is 32.1 Å². The number of ketones is 1. The van der Waals surface area contributed by atoms with E-state index >= 15 is 0 Å². The zero-order chi connectivity index (χ0) is 28.7. The van der Waals surface area contributed by atoms with E-state index in [0.717, 1.165) is 20.0 Å². The summed E-state index contributed by atoms with van der Waals surface area (Å²) in [5.41, 5.74) is -0.462. The van der Waals surface area contributed by atoms with Gasteiger partial charge in [-0.3, -0.25) is 15.0 Å². The number of halogens is 5. The van der Waals surface area contributed by atoms with E-state index in [9.17, 15) is 33.8 Å². The molecule has 1 aliphatic heterocycles. The molecule has 2 aromatic carbocycles. The average Bonchev–Trinajstić information content (AvgIpc) is 3.10. The molecule has 0 fully saturated rings. The standard InChI is InChI=1S/C23H25F5N4O5S/c1-5-36-20-8-15-11-32(22(29)18(15)10-21(20)37-23(35)30-3)12-19(34)14-6-16(31(4)13(2)33)9-17(7-14)38(24,25,26,27)28/h6-10,29H,5,11-12H2,1-4H3,(H,30,35). The van der Waals surface area contributed by atoms with Crippen molar-refractivity contribution in [2.24, 2.45) is 0 Å². The van der Waals surface area contributed by atoms with Gasteiger partial charge in [-0.2, -0.15) is 0 Å². The van der Waals surface area contributed by atoms with Crippen LogP contribution in [-0.4, -0.2) is 55.8 Å². The maximum Gasteiger partial charge on any atom is 0.412 e. The van der Waals surface area contributed by atoms with Gasteiger partial charge >= 0.3 is 16.3 Å². The van der Waals surface area contributed by atoms with Gasteiger partial charge in [-0.25, -0.2) is 4.79 Å². The first kappa shape index (κ1) is 28.7. The van der Waals surface area contributed by atoms with Crippen molar-refractivity contribution in [2.45, 2.75) is 25.3 Å². The summed E-state index contributed by atoms with van der Waals surface area (Å²) < 4.78 is 78.8. The monoisotopic (exact) mass is 564 g/mol. The Bertz CT molecular complexity index is 1350. The lowest BCUT2D eigenvalue weighted by Crippen LogP contribution is -2.30. The Kier molecular flexibility index (Phi) is 6.91. The van der Waals surface area contributed by atoms with Gasteiger partial charge in [0.2, 0.25) is 5.91 Å². The van der Waals surface area contributed by atoms with E-state index in [1.165, 1.54) is 24.1 Å². The Morgan fingerprint density at radius 3 is 2.29 bits per heavy atom. The minimum atomic E-state index is -10.2. The van der Waals surface area contributed by atoms with Crippen molar-refractivity contribution < 1.29 is 43.3 Å². The van der Waals surface area contributed by atoms with E-state index in [2.05, 4.69) is 5.32 Å². The zero-order valence-corrected chi connectivity index (χ0v) is 21.6. The number of Topliss-reactive ketones (excluding diaryl/α,β-unsaturated/α-hetero) is 1. The minimum absolute atomic E-state index is 0.00312. The van der Waals surface area contributed by atoms with Crippen LogP contribution in [0.15, 0.2) is 35.2 Å². The van der Waals surface area contributed by atoms with Gasteiger partial charge in [0, 0.05) is 44.4 Å². The number of amidine groups is 1. The topological polar surface area (TPSA) is 112 Å². The molecule has 1 aliphatic rings. The number of hydrogen-bond acceptors (Lipinski definition) is 6. The molecule has 0 atom stereocenters. The molecule has 9 nitrogen and oxygen atoms in total. The Hall–Kier alpha value is -3.88. The van der Waals surface area contributed by atoms with Gasteiger partial charge in [0.25, 0.3) is 0 Å². The second kappa shape index (κ2) is 9.15. The first-order valence-electron chi connectivity index (χ1n) is 11.0. The lowest BCUT2D eigenvalue weighted by Gasteiger charge is -2.41. The molecule has 38 heavy (non-hydrogen) atoms. The van der Waals surface area contributed by atoms with E-state index < -0.39 is 50.7 Å². The van der Waals surface area contributed by atoms with Crippen molar-refractivity contribution in [3.05, 3.63) is 47.0 Å². The van der Waals surface area contributed by atoms with Crippen LogP contribution in [0.5, 0.6) is 11.5 Å². The highest BCUT2D eigenvalue weighted by molar-refractivity contribution is 8.45. The van der Waals surface area contributed by atoms with Crippen molar-refractivity contribution in [3.63, 3.8) is 0 Å². The van der Waals surface area contributed by atoms with E-state index in [-0.39, 0.29) is 48.2 Å². The number of fused-ring (bicyclic) bond motifs is 1. The van der Waals surface area contributed by atoms with Gasteiger partial charge in [0.15, 0.2) is 17.3 Å². The maximum atomic E-state index is 13.6. The van der Waals surface area contributed by atoms with Crippen LogP contribution in [0.25, 0.3) is 0 Å². The van der Waals surface area contributed by atoms with Crippen molar-refractivity contribution >= 4 is 39.5 Å². The second-order valence-electron chi connectivity index (χ2n) is 8.42. The summed E-state index contributed by atoms with van der Waals surface area (Å²) in [6.07, 6.45) is -0.794. The molecule has 3 rings (SSSR count). The molecule has 0 bridgehead atoms. The SMILES string of the molecule is CCOc1cc2c(cc1OC(=O)NC)C(=N)N(CC(=O)c1cc(N(C)C(C)=O)cc(S(F)(F)(F)(F)F)c1)C2. The summed E-state index contributed by atoms with van der Waals surface area (Å²) in [6.45, 7) is 2.29. The van der Waals surface area contributed by atoms with Crippen molar-refractivity contribution in [1.29, 1.82) is 5.41 Å². The highest BCUT2D eigenvalue weighted by Crippen LogP contribution is 3.02. The van der Waals surface area contributed by atoms with Gasteiger partial charge in [-0.15, -0.1) is 0 Å². The van der Waals surface area contributed by atoms with E-state index in [1.54, 1.807) is 6.92 Å². The third kappa shape index (κ3) is 6.15. The highest BCUT2D eigenvalue weighted by Gasteiger charge is 2.65. The predicted molar refractivity (Wildman–Crippen MR) is 131 cm³/mol. The van der Waals surface area contributed by atoms with Gasteiger partial charge in [-0.1, -0.05) is 19.4 Å². The lowest BCUT2D eigenvalue weighted by atomic mass is 10.1. The van der Waals surface area contributed by atoms with E-state index in [0.29, 0.717) is 10.5 Å². The number of hydrogen-bond donors (Lipinski definition) is 2. The number of anilines is 1. The van der Waals surface area contributed by atoms with Crippen LogP contribution < -0.4 is 19.7 Å². The first-order valence-corrected chi connectivity index (χ1v) is 13.0. The molecular formula is C23H25F5N4O5S. The number of amides is 2. The molecule has 208 valence electrons. The molecule has 0 radical (unpaired) electrons. The van der Waals surface area contributed by atoms with Crippen LogP contribution in [0.3, 0.4) is 0 Å². The van der Waals surface area contributed by atoms with E-state index in [1.807, 2.05) is 0 Å². The first-order chi connectivity index (χ1) is 17.3.